The number of piperazine rings is 1. The summed E-state index contributed by atoms with van der Waals surface area (Å²) in [5.74, 6) is -0.0933. The predicted molar refractivity (Wildman–Crippen MR) is 109 cm³/mol. The largest absolute Gasteiger partial charge is 0.459 e. The van der Waals surface area contributed by atoms with Gasteiger partial charge in [-0.2, -0.15) is 0 Å². The maximum absolute atomic E-state index is 13.0. The van der Waals surface area contributed by atoms with E-state index in [1.54, 1.807) is 18.2 Å². The van der Waals surface area contributed by atoms with Crippen molar-refractivity contribution in [3.63, 3.8) is 0 Å². The number of benzene rings is 1. The summed E-state index contributed by atoms with van der Waals surface area (Å²) in [7, 11) is 0. The molecular formula is C22H27N3O4. The van der Waals surface area contributed by atoms with Crippen molar-refractivity contribution in [2.24, 2.45) is 0 Å². The first-order valence-electron chi connectivity index (χ1n) is 10.2. The number of carbonyl (C=O) groups is 2. The molecule has 29 heavy (non-hydrogen) atoms. The number of hydrogen-bond donors (Lipinski definition) is 1. The van der Waals surface area contributed by atoms with Gasteiger partial charge in [0.25, 0.3) is 11.8 Å². The summed E-state index contributed by atoms with van der Waals surface area (Å²) in [5.41, 5.74) is 2.09. The van der Waals surface area contributed by atoms with Gasteiger partial charge in [-0.1, -0.05) is 6.07 Å². The fourth-order valence-corrected chi connectivity index (χ4v) is 3.87. The summed E-state index contributed by atoms with van der Waals surface area (Å²) in [6, 6.07) is 8.70. The highest BCUT2D eigenvalue weighted by molar-refractivity contribution is 6.03. The molecule has 7 nitrogen and oxygen atoms in total. The van der Waals surface area contributed by atoms with Crippen molar-refractivity contribution >= 4 is 17.5 Å². The zero-order chi connectivity index (χ0) is 20.2. The molecule has 2 amide bonds. The number of ether oxygens (including phenoxy) is 1. The Morgan fingerprint density at radius 1 is 1.17 bits per heavy atom. The third-order valence-corrected chi connectivity index (χ3v) is 5.62. The molecule has 4 rings (SSSR count). The third kappa shape index (κ3) is 4.68. The molecule has 2 aliphatic rings. The van der Waals surface area contributed by atoms with Crippen LogP contribution < -0.4 is 5.32 Å². The summed E-state index contributed by atoms with van der Waals surface area (Å²) in [6.45, 7) is 6.85. The lowest BCUT2D eigenvalue weighted by Crippen LogP contribution is -2.50. The highest BCUT2D eigenvalue weighted by Gasteiger charge is 2.25. The van der Waals surface area contributed by atoms with Crippen LogP contribution in [0.1, 0.15) is 39.3 Å². The molecule has 2 fully saturated rings. The molecule has 0 aliphatic carbocycles. The van der Waals surface area contributed by atoms with Crippen LogP contribution in [0.3, 0.4) is 0 Å². The zero-order valence-electron chi connectivity index (χ0n) is 16.7. The molecule has 7 heteroatoms. The number of furan rings is 1. The fourth-order valence-electron chi connectivity index (χ4n) is 3.87. The van der Waals surface area contributed by atoms with Crippen molar-refractivity contribution in [1.82, 2.24) is 9.80 Å². The highest BCUT2D eigenvalue weighted by atomic mass is 16.5. The first-order valence-corrected chi connectivity index (χ1v) is 10.2. The van der Waals surface area contributed by atoms with Gasteiger partial charge in [0, 0.05) is 50.6 Å². The normalized spacial score (nSPS) is 20.0. The summed E-state index contributed by atoms with van der Waals surface area (Å²) in [4.78, 5) is 29.5. The Bertz CT molecular complexity index is 851. The number of anilines is 1. The lowest BCUT2D eigenvalue weighted by molar-refractivity contribution is 0.0432. The predicted octanol–water partition coefficient (Wildman–Crippen LogP) is 2.78. The first kappa shape index (κ1) is 19.7. The van der Waals surface area contributed by atoms with E-state index in [1.165, 1.54) is 6.26 Å². The molecule has 0 saturated carbocycles. The minimum Gasteiger partial charge on any atom is -0.459 e. The van der Waals surface area contributed by atoms with Crippen molar-refractivity contribution in [2.75, 3.05) is 44.6 Å². The smallest absolute Gasteiger partial charge is 0.291 e. The number of amides is 2. The number of carbonyl (C=O) groups excluding carboxylic acids is 2. The number of nitrogens with one attached hydrogen (secondary N) is 1. The number of hydrogen-bond acceptors (Lipinski definition) is 5. The van der Waals surface area contributed by atoms with E-state index in [4.69, 9.17) is 9.15 Å². The van der Waals surface area contributed by atoms with Crippen LogP contribution in [0.15, 0.2) is 41.0 Å². The monoisotopic (exact) mass is 397 g/mol. The van der Waals surface area contributed by atoms with Crippen LogP contribution in [0.5, 0.6) is 0 Å². The Balaban J connectivity index is 1.37. The molecule has 1 aromatic carbocycles. The molecule has 1 unspecified atom stereocenters. The average molecular weight is 397 g/mol. The van der Waals surface area contributed by atoms with Gasteiger partial charge in [-0.05, 0) is 49.6 Å². The second-order valence-corrected chi connectivity index (χ2v) is 7.69. The van der Waals surface area contributed by atoms with Gasteiger partial charge in [-0.3, -0.25) is 14.5 Å². The van der Waals surface area contributed by atoms with E-state index in [1.807, 2.05) is 24.0 Å². The van der Waals surface area contributed by atoms with E-state index in [0.717, 1.165) is 44.6 Å². The molecule has 3 heterocycles. The van der Waals surface area contributed by atoms with Crippen molar-refractivity contribution in [3.05, 3.63) is 53.5 Å². The van der Waals surface area contributed by atoms with Crippen molar-refractivity contribution in [3.8, 4) is 0 Å². The molecule has 0 spiro atoms. The van der Waals surface area contributed by atoms with Crippen molar-refractivity contribution in [2.45, 2.75) is 25.9 Å². The van der Waals surface area contributed by atoms with Crippen LogP contribution in [-0.2, 0) is 4.74 Å². The maximum atomic E-state index is 13.0. The zero-order valence-corrected chi connectivity index (χ0v) is 16.7. The van der Waals surface area contributed by atoms with Gasteiger partial charge in [0.2, 0.25) is 0 Å². The van der Waals surface area contributed by atoms with Crippen LogP contribution in [0.25, 0.3) is 0 Å². The van der Waals surface area contributed by atoms with Gasteiger partial charge >= 0.3 is 0 Å². The quantitative estimate of drug-likeness (QED) is 0.840. The fraction of sp³-hybridized carbons (Fsp3) is 0.455. The Morgan fingerprint density at radius 3 is 2.69 bits per heavy atom. The summed E-state index contributed by atoms with van der Waals surface area (Å²) < 4.78 is 10.9. The average Bonchev–Trinajstić information content (AvgIpc) is 3.44. The van der Waals surface area contributed by atoms with E-state index in [9.17, 15) is 9.59 Å². The van der Waals surface area contributed by atoms with Crippen LogP contribution in [0.4, 0.5) is 5.69 Å². The molecule has 2 saturated heterocycles. The molecule has 1 aromatic heterocycles. The van der Waals surface area contributed by atoms with Gasteiger partial charge in [-0.15, -0.1) is 0 Å². The summed E-state index contributed by atoms with van der Waals surface area (Å²) in [6.07, 6.45) is 4.08. The SMILES string of the molecule is Cc1ccc(C(=O)N2CCN(CC3CCCO3)CC2)cc1NC(=O)c1ccco1. The molecule has 1 N–H and O–H groups in total. The number of nitrogens with zero attached hydrogens (tertiary/aromatic N) is 2. The second kappa shape index (κ2) is 8.80. The minimum atomic E-state index is -0.328. The lowest BCUT2D eigenvalue weighted by Gasteiger charge is -2.35. The molecule has 0 bridgehead atoms. The van der Waals surface area contributed by atoms with E-state index in [0.29, 0.717) is 30.4 Å². The molecule has 154 valence electrons. The van der Waals surface area contributed by atoms with Crippen LogP contribution in [0.2, 0.25) is 0 Å². The Hall–Kier alpha value is -2.64. The number of rotatable bonds is 5. The van der Waals surface area contributed by atoms with Gasteiger partial charge in [-0.25, -0.2) is 0 Å². The molecule has 0 radical (unpaired) electrons. The first-order chi connectivity index (χ1) is 14.1. The Kier molecular flexibility index (Phi) is 5.97. The van der Waals surface area contributed by atoms with Gasteiger partial charge in [0.1, 0.15) is 0 Å². The van der Waals surface area contributed by atoms with Crippen molar-refractivity contribution < 1.29 is 18.7 Å². The van der Waals surface area contributed by atoms with Crippen LogP contribution in [-0.4, -0.2) is 67.0 Å². The molecule has 2 aliphatic heterocycles. The summed E-state index contributed by atoms with van der Waals surface area (Å²) >= 11 is 0. The van der Waals surface area contributed by atoms with Gasteiger partial charge in [0.15, 0.2) is 5.76 Å². The van der Waals surface area contributed by atoms with E-state index >= 15 is 0 Å². The summed E-state index contributed by atoms with van der Waals surface area (Å²) in [5, 5.41) is 2.83. The van der Waals surface area contributed by atoms with E-state index in [2.05, 4.69) is 10.2 Å². The maximum Gasteiger partial charge on any atom is 0.291 e. The third-order valence-electron chi connectivity index (χ3n) is 5.62. The topological polar surface area (TPSA) is 75.0 Å². The molecule has 1 atom stereocenters. The second-order valence-electron chi connectivity index (χ2n) is 7.69. The standard InChI is InChI=1S/C22H27N3O4/c1-16-6-7-17(14-19(16)23-21(26)20-5-3-13-29-20)22(27)25-10-8-24(9-11-25)15-18-4-2-12-28-18/h3,5-7,13-14,18H,2,4,8-12,15H2,1H3,(H,23,26). The van der Waals surface area contributed by atoms with E-state index < -0.39 is 0 Å². The Morgan fingerprint density at radius 2 is 2.00 bits per heavy atom. The molecule has 2 aromatic rings. The van der Waals surface area contributed by atoms with Crippen molar-refractivity contribution in [1.29, 1.82) is 0 Å². The lowest BCUT2D eigenvalue weighted by atomic mass is 10.1. The Labute approximate surface area is 170 Å². The minimum absolute atomic E-state index is 0.00439. The van der Waals surface area contributed by atoms with Gasteiger partial charge in [0.05, 0.1) is 12.4 Å². The number of aryl methyl sites for hydroxylation is 1. The highest BCUT2D eigenvalue weighted by Crippen LogP contribution is 2.20. The molecular weight excluding hydrogens is 370 g/mol. The van der Waals surface area contributed by atoms with Crippen LogP contribution >= 0.6 is 0 Å². The van der Waals surface area contributed by atoms with E-state index in [-0.39, 0.29) is 17.6 Å². The van der Waals surface area contributed by atoms with Gasteiger partial charge < -0.3 is 19.4 Å². The van der Waals surface area contributed by atoms with Crippen LogP contribution in [0, 0.1) is 6.92 Å².